The fourth-order valence-electron chi connectivity index (χ4n) is 1.96. The van der Waals surface area contributed by atoms with Gasteiger partial charge in [0.2, 0.25) is 0 Å². The molecule has 0 aliphatic heterocycles. The van der Waals surface area contributed by atoms with Crippen molar-refractivity contribution in [3.63, 3.8) is 0 Å². The smallest absolute Gasteiger partial charge is 0.341 e. The second-order valence-electron chi connectivity index (χ2n) is 4.71. The lowest BCUT2D eigenvalue weighted by molar-refractivity contribution is 0.0597. The van der Waals surface area contributed by atoms with E-state index in [4.69, 9.17) is 23.2 Å². The maximum absolute atomic E-state index is 12.4. The van der Waals surface area contributed by atoms with E-state index in [0.29, 0.717) is 5.56 Å². The summed E-state index contributed by atoms with van der Waals surface area (Å²) in [7, 11) is -2.53. The summed E-state index contributed by atoms with van der Waals surface area (Å²) in [6.45, 7) is 0. The predicted molar refractivity (Wildman–Crippen MR) is 86.8 cm³/mol. The molecular formula is C15H12Cl2O5S. The van der Waals surface area contributed by atoms with E-state index in [0.717, 1.165) is 0 Å². The summed E-state index contributed by atoms with van der Waals surface area (Å²) in [6, 6.07) is 7.96. The van der Waals surface area contributed by atoms with Gasteiger partial charge in [-0.25, -0.2) is 13.2 Å². The maximum atomic E-state index is 12.4. The van der Waals surface area contributed by atoms with Crippen LogP contribution in [0.3, 0.4) is 0 Å². The Kier molecular flexibility index (Phi) is 5.19. The number of phenolic OH excluding ortho intramolecular Hbond substituents is 1. The SMILES string of the molecule is COC(=O)c1ccc(CS(=O)(=O)c2cc(Cl)cc(Cl)c2)cc1O. The summed E-state index contributed by atoms with van der Waals surface area (Å²) in [6.07, 6.45) is 0. The Morgan fingerprint density at radius 2 is 1.74 bits per heavy atom. The molecule has 2 aromatic carbocycles. The highest BCUT2D eigenvalue weighted by Crippen LogP contribution is 2.26. The minimum Gasteiger partial charge on any atom is -0.507 e. The molecule has 0 bridgehead atoms. The highest BCUT2D eigenvalue weighted by atomic mass is 35.5. The minimum atomic E-state index is -3.71. The third-order valence-electron chi connectivity index (χ3n) is 3.02. The zero-order valence-electron chi connectivity index (χ0n) is 11.9. The van der Waals surface area contributed by atoms with Crippen LogP contribution in [0.2, 0.25) is 10.0 Å². The van der Waals surface area contributed by atoms with Crippen molar-refractivity contribution in [3.8, 4) is 5.75 Å². The van der Waals surface area contributed by atoms with Gasteiger partial charge < -0.3 is 9.84 Å². The minimum absolute atomic E-state index is 0.0217. The van der Waals surface area contributed by atoms with Crippen molar-refractivity contribution in [1.29, 1.82) is 0 Å². The maximum Gasteiger partial charge on any atom is 0.341 e. The van der Waals surface area contributed by atoms with E-state index < -0.39 is 15.8 Å². The molecule has 8 heteroatoms. The van der Waals surface area contributed by atoms with Crippen LogP contribution in [0.25, 0.3) is 0 Å². The molecule has 0 saturated carbocycles. The Balaban J connectivity index is 2.34. The molecule has 0 fully saturated rings. The molecule has 0 unspecified atom stereocenters. The number of ether oxygens (including phenoxy) is 1. The number of esters is 1. The van der Waals surface area contributed by atoms with Crippen LogP contribution < -0.4 is 0 Å². The zero-order valence-corrected chi connectivity index (χ0v) is 14.2. The number of halogens is 2. The molecule has 0 aliphatic rings. The van der Waals surface area contributed by atoms with Gasteiger partial charge in [0.15, 0.2) is 9.84 Å². The number of benzene rings is 2. The van der Waals surface area contributed by atoms with E-state index in [9.17, 15) is 18.3 Å². The molecule has 1 N–H and O–H groups in total. The van der Waals surface area contributed by atoms with Crippen molar-refractivity contribution in [2.24, 2.45) is 0 Å². The third-order valence-corrected chi connectivity index (χ3v) is 5.12. The summed E-state index contributed by atoms with van der Waals surface area (Å²) < 4.78 is 29.3. The van der Waals surface area contributed by atoms with Gasteiger partial charge in [-0.05, 0) is 35.9 Å². The lowest BCUT2D eigenvalue weighted by atomic mass is 10.1. The lowest BCUT2D eigenvalue weighted by Gasteiger charge is -2.08. The van der Waals surface area contributed by atoms with Crippen LogP contribution in [0.4, 0.5) is 0 Å². The Labute approximate surface area is 143 Å². The van der Waals surface area contributed by atoms with Crippen LogP contribution in [0.1, 0.15) is 15.9 Å². The monoisotopic (exact) mass is 374 g/mol. The van der Waals surface area contributed by atoms with Gasteiger partial charge in [0, 0.05) is 10.0 Å². The van der Waals surface area contributed by atoms with Crippen molar-refractivity contribution in [2.75, 3.05) is 7.11 Å². The highest BCUT2D eigenvalue weighted by Gasteiger charge is 2.19. The van der Waals surface area contributed by atoms with Crippen LogP contribution >= 0.6 is 23.2 Å². The number of hydrogen-bond acceptors (Lipinski definition) is 5. The predicted octanol–water partition coefficient (Wildman–Crippen LogP) is 3.46. The number of hydrogen-bond donors (Lipinski definition) is 1. The fourth-order valence-corrected chi connectivity index (χ4v) is 4.01. The van der Waals surface area contributed by atoms with Gasteiger partial charge in [-0.3, -0.25) is 0 Å². The van der Waals surface area contributed by atoms with E-state index in [1.165, 1.54) is 43.5 Å². The van der Waals surface area contributed by atoms with Crippen LogP contribution in [-0.4, -0.2) is 26.6 Å². The van der Waals surface area contributed by atoms with Crippen LogP contribution in [0, 0.1) is 0 Å². The summed E-state index contributed by atoms with van der Waals surface area (Å²) >= 11 is 11.6. The van der Waals surface area contributed by atoms with Gasteiger partial charge in [0.1, 0.15) is 11.3 Å². The first-order valence-corrected chi connectivity index (χ1v) is 8.73. The van der Waals surface area contributed by atoms with Gasteiger partial charge in [-0.1, -0.05) is 29.3 Å². The molecule has 0 heterocycles. The highest BCUT2D eigenvalue weighted by molar-refractivity contribution is 7.90. The first-order chi connectivity index (χ1) is 10.7. The first kappa shape index (κ1) is 17.6. The lowest BCUT2D eigenvalue weighted by Crippen LogP contribution is -2.06. The number of aromatic hydroxyl groups is 1. The van der Waals surface area contributed by atoms with Crippen molar-refractivity contribution in [3.05, 3.63) is 57.6 Å². The van der Waals surface area contributed by atoms with Gasteiger partial charge >= 0.3 is 5.97 Å². The van der Waals surface area contributed by atoms with Crippen LogP contribution in [-0.2, 0) is 20.3 Å². The number of methoxy groups -OCH3 is 1. The molecule has 0 amide bonds. The summed E-state index contributed by atoms with van der Waals surface area (Å²) in [5, 5.41) is 10.2. The quantitative estimate of drug-likeness (QED) is 0.828. The number of sulfone groups is 1. The van der Waals surface area contributed by atoms with Crippen molar-refractivity contribution in [2.45, 2.75) is 10.6 Å². The molecule has 0 radical (unpaired) electrons. The first-order valence-electron chi connectivity index (χ1n) is 6.32. The average Bonchev–Trinajstić information content (AvgIpc) is 2.45. The van der Waals surface area contributed by atoms with E-state index in [-0.39, 0.29) is 32.0 Å². The molecule has 2 rings (SSSR count). The molecule has 2 aromatic rings. The Morgan fingerprint density at radius 3 is 2.26 bits per heavy atom. The topological polar surface area (TPSA) is 80.7 Å². The third kappa shape index (κ3) is 4.16. The Morgan fingerprint density at radius 1 is 1.13 bits per heavy atom. The Bertz CT molecular complexity index is 842. The molecule has 0 atom stereocenters. The standard InChI is InChI=1S/C15H12Cl2O5S/c1-22-15(19)13-3-2-9(4-14(13)18)8-23(20,21)12-6-10(16)5-11(17)7-12/h2-7,18H,8H2,1H3. The normalized spacial score (nSPS) is 11.3. The number of phenols is 1. The number of carbonyl (C=O) groups is 1. The van der Waals surface area contributed by atoms with Gasteiger partial charge in [0.05, 0.1) is 17.8 Å². The van der Waals surface area contributed by atoms with E-state index >= 15 is 0 Å². The average molecular weight is 375 g/mol. The molecule has 0 spiro atoms. The molecule has 0 aliphatic carbocycles. The molecular weight excluding hydrogens is 363 g/mol. The van der Waals surface area contributed by atoms with Crippen molar-refractivity contribution >= 4 is 39.0 Å². The summed E-state index contributed by atoms with van der Waals surface area (Å²) in [4.78, 5) is 11.4. The van der Waals surface area contributed by atoms with E-state index in [2.05, 4.69) is 4.74 Å². The molecule has 23 heavy (non-hydrogen) atoms. The summed E-state index contributed by atoms with van der Waals surface area (Å²) in [5.41, 5.74) is 0.269. The molecule has 0 aromatic heterocycles. The van der Waals surface area contributed by atoms with Crippen LogP contribution in [0.5, 0.6) is 5.75 Å². The van der Waals surface area contributed by atoms with Crippen molar-refractivity contribution in [1.82, 2.24) is 0 Å². The fraction of sp³-hybridized carbons (Fsp3) is 0.133. The zero-order chi connectivity index (χ0) is 17.2. The second kappa shape index (κ2) is 6.78. The summed E-state index contributed by atoms with van der Waals surface area (Å²) in [5.74, 6) is -1.44. The van der Waals surface area contributed by atoms with Gasteiger partial charge in [-0.15, -0.1) is 0 Å². The van der Waals surface area contributed by atoms with Crippen molar-refractivity contribution < 1.29 is 23.1 Å². The molecule has 122 valence electrons. The van der Waals surface area contributed by atoms with Crippen LogP contribution in [0.15, 0.2) is 41.3 Å². The number of carbonyl (C=O) groups excluding carboxylic acids is 1. The van der Waals surface area contributed by atoms with Gasteiger partial charge in [0.25, 0.3) is 0 Å². The largest absolute Gasteiger partial charge is 0.507 e. The van der Waals surface area contributed by atoms with E-state index in [1.807, 2.05) is 0 Å². The Hall–Kier alpha value is -1.76. The second-order valence-corrected chi connectivity index (χ2v) is 7.57. The molecule has 0 saturated heterocycles. The van der Waals surface area contributed by atoms with E-state index in [1.54, 1.807) is 0 Å². The molecule has 5 nitrogen and oxygen atoms in total. The number of rotatable bonds is 4. The van der Waals surface area contributed by atoms with Gasteiger partial charge in [-0.2, -0.15) is 0 Å².